The number of thiazole rings is 1. The van der Waals surface area contributed by atoms with Crippen LogP contribution in [-0.2, 0) is 0 Å². The minimum absolute atomic E-state index is 0.257. The molecule has 0 aliphatic heterocycles. The normalized spacial score (nSPS) is 10.6. The highest BCUT2D eigenvalue weighted by Gasteiger charge is 2.13. The highest BCUT2D eigenvalue weighted by molar-refractivity contribution is 7.14. The number of H-pyrrole nitrogens is 1. The maximum atomic E-state index is 12.2. The zero-order valence-electron chi connectivity index (χ0n) is 12.1. The summed E-state index contributed by atoms with van der Waals surface area (Å²) < 4.78 is 5.10. The molecule has 0 bridgehead atoms. The number of rotatable bonds is 3. The molecular weight excluding hydrogens is 326 g/mol. The van der Waals surface area contributed by atoms with Gasteiger partial charge in [-0.25, -0.2) is 4.98 Å². The van der Waals surface area contributed by atoms with E-state index in [1.54, 1.807) is 18.6 Å². The lowest BCUT2D eigenvalue weighted by Crippen LogP contribution is -2.09. The van der Waals surface area contributed by atoms with Crippen LogP contribution in [0.4, 0.5) is 5.69 Å². The highest BCUT2D eigenvalue weighted by Crippen LogP contribution is 2.29. The van der Waals surface area contributed by atoms with E-state index in [4.69, 9.17) is 9.68 Å². The number of anilines is 1. The summed E-state index contributed by atoms with van der Waals surface area (Å²) in [6.07, 6.45) is 4.59. The number of nitriles is 1. The smallest absolute Gasteiger partial charge is 0.267 e. The quantitative estimate of drug-likeness (QED) is 0.596. The van der Waals surface area contributed by atoms with Crippen molar-refractivity contribution in [1.82, 2.24) is 15.2 Å². The predicted molar refractivity (Wildman–Crippen MR) is 88.6 cm³/mol. The second-order valence-electron chi connectivity index (χ2n) is 4.94. The molecule has 3 heterocycles. The number of hydrogen-bond donors (Lipinski definition) is 2. The summed E-state index contributed by atoms with van der Waals surface area (Å²) in [5, 5.41) is 20.0. The third-order valence-electron chi connectivity index (χ3n) is 3.44. The van der Waals surface area contributed by atoms with Crippen molar-refractivity contribution in [3.05, 3.63) is 52.9 Å². The lowest BCUT2D eigenvalue weighted by molar-refractivity contribution is 0.103. The van der Waals surface area contributed by atoms with Crippen LogP contribution < -0.4 is 5.32 Å². The number of aromatic amines is 1. The van der Waals surface area contributed by atoms with Crippen LogP contribution in [0.1, 0.15) is 14.7 Å². The Morgan fingerprint density at radius 2 is 2.29 bits per heavy atom. The molecule has 3 aromatic heterocycles. The number of carbonyl (C=O) groups is 1. The first-order chi connectivity index (χ1) is 11.7. The molecule has 0 atom stereocenters. The van der Waals surface area contributed by atoms with Crippen molar-refractivity contribution in [3.8, 4) is 17.3 Å². The first kappa shape index (κ1) is 14.2. The molecule has 8 heteroatoms. The Morgan fingerprint density at radius 3 is 3.04 bits per heavy atom. The Hall–Kier alpha value is -3.44. The van der Waals surface area contributed by atoms with Gasteiger partial charge in [-0.1, -0.05) is 11.3 Å². The van der Waals surface area contributed by atoms with E-state index in [0.29, 0.717) is 10.6 Å². The molecule has 0 radical (unpaired) electrons. The minimum Gasteiger partial charge on any atom is -0.472 e. The third-order valence-corrected chi connectivity index (χ3v) is 4.34. The Morgan fingerprint density at radius 1 is 1.38 bits per heavy atom. The fourth-order valence-electron chi connectivity index (χ4n) is 2.33. The molecule has 0 saturated heterocycles. The zero-order valence-corrected chi connectivity index (χ0v) is 12.9. The van der Waals surface area contributed by atoms with E-state index >= 15 is 0 Å². The van der Waals surface area contributed by atoms with Crippen LogP contribution in [0.15, 0.2) is 47.4 Å². The molecule has 0 aliphatic carbocycles. The number of aromatic nitrogens is 3. The van der Waals surface area contributed by atoms with Crippen LogP contribution >= 0.6 is 11.3 Å². The summed E-state index contributed by atoms with van der Waals surface area (Å²) in [7, 11) is 0. The van der Waals surface area contributed by atoms with Gasteiger partial charge in [-0.05, 0) is 24.3 Å². The van der Waals surface area contributed by atoms with E-state index < -0.39 is 0 Å². The maximum Gasteiger partial charge on any atom is 0.267 e. The van der Waals surface area contributed by atoms with E-state index in [1.807, 2.05) is 24.3 Å². The fraction of sp³-hybridized carbons (Fsp3) is 0. The molecule has 0 fully saturated rings. The van der Waals surface area contributed by atoms with Crippen LogP contribution in [-0.4, -0.2) is 21.1 Å². The van der Waals surface area contributed by atoms with Crippen LogP contribution in [0, 0.1) is 11.3 Å². The SMILES string of the molecule is N#Cc1ncc(C(=O)Nc2ccc3[nH]nc(-c4ccoc4)c3c2)s1. The molecular formula is C16H9N5O2S. The van der Waals surface area contributed by atoms with Gasteiger partial charge in [-0.15, -0.1) is 0 Å². The van der Waals surface area contributed by atoms with Crippen molar-refractivity contribution in [3.63, 3.8) is 0 Å². The zero-order chi connectivity index (χ0) is 16.5. The highest BCUT2D eigenvalue weighted by atomic mass is 32.1. The number of fused-ring (bicyclic) bond motifs is 1. The summed E-state index contributed by atoms with van der Waals surface area (Å²) in [5.41, 5.74) is 3.09. The Labute approximate surface area is 139 Å². The first-order valence-corrected chi connectivity index (χ1v) is 7.74. The van der Waals surface area contributed by atoms with Gasteiger partial charge in [-0.2, -0.15) is 10.4 Å². The van der Waals surface area contributed by atoms with Crippen LogP contribution in [0.2, 0.25) is 0 Å². The Balaban J connectivity index is 1.66. The second-order valence-corrected chi connectivity index (χ2v) is 5.97. The molecule has 7 nitrogen and oxygen atoms in total. The topological polar surface area (TPSA) is 108 Å². The van der Waals surface area contributed by atoms with Crippen LogP contribution in [0.25, 0.3) is 22.2 Å². The number of hydrogen-bond acceptors (Lipinski definition) is 6. The average molecular weight is 335 g/mol. The predicted octanol–water partition coefficient (Wildman–Crippen LogP) is 3.40. The Bertz CT molecular complexity index is 1070. The second kappa shape index (κ2) is 5.64. The van der Waals surface area contributed by atoms with Crippen molar-refractivity contribution < 1.29 is 9.21 Å². The molecule has 1 aromatic carbocycles. The molecule has 0 unspecified atom stereocenters. The summed E-state index contributed by atoms with van der Waals surface area (Å²) in [4.78, 5) is 16.5. The van der Waals surface area contributed by atoms with Crippen LogP contribution in [0.5, 0.6) is 0 Å². The molecule has 1 amide bonds. The number of furan rings is 1. The molecule has 0 saturated carbocycles. The van der Waals surface area contributed by atoms with Gasteiger partial charge in [-0.3, -0.25) is 9.89 Å². The van der Waals surface area contributed by atoms with Crippen LogP contribution in [0.3, 0.4) is 0 Å². The minimum atomic E-state index is -0.304. The summed E-state index contributed by atoms with van der Waals surface area (Å²) in [6, 6.07) is 9.20. The van der Waals surface area contributed by atoms with E-state index in [1.165, 1.54) is 6.20 Å². The Kier molecular flexibility index (Phi) is 3.33. The van der Waals surface area contributed by atoms with Gasteiger partial charge in [0.25, 0.3) is 5.91 Å². The molecule has 116 valence electrons. The van der Waals surface area contributed by atoms with E-state index in [2.05, 4.69) is 20.5 Å². The molecule has 2 N–H and O–H groups in total. The van der Waals surface area contributed by atoms with Crippen molar-refractivity contribution in [2.24, 2.45) is 0 Å². The summed E-state index contributed by atoms with van der Waals surface area (Å²) in [5.74, 6) is -0.304. The lowest BCUT2D eigenvalue weighted by atomic mass is 10.1. The average Bonchev–Trinajstić information content (AvgIpc) is 3.33. The fourth-order valence-corrected chi connectivity index (χ4v) is 2.94. The molecule has 0 spiro atoms. The van der Waals surface area contributed by atoms with Crippen molar-refractivity contribution in [2.45, 2.75) is 0 Å². The van der Waals surface area contributed by atoms with Crippen molar-refractivity contribution in [2.75, 3.05) is 5.32 Å². The molecule has 4 rings (SSSR count). The van der Waals surface area contributed by atoms with Gasteiger partial charge in [0.05, 0.1) is 24.2 Å². The standard InChI is InChI=1S/C16H9N5O2S/c17-6-14-18-7-13(24-14)16(22)19-10-1-2-12-11(5-10)15(21-20-12)9-3-4-23-8-9/h1-5,7-8H,(H,19,22)(H,20,21). The maximum absolute atomic E-state index is 12.2. The molecule has 24 heavy (non-hydrogen) atoms. The van der Waals surface area contributed by atoms with Gasteiger partial charge >= 0.3 is 0 Å². The number of nitrogens with one attached hydrogen (secondary N) is 2. The molecule has 4 aromatic rings. The van der Waals surface area contributed by atoms with Crippen molar-refractivity contribution >= 4 is 33.8 Å². The largest absolute Gasteiger partial charge is 0.472 e. The van der Waals surface area contributed by atoms with E-state index in [-0.39, 0.29) is 10.9 Å². The van der Waals surface area contributed by atoms with E-state index in [9.17, 15) is 4.79 Å². The van der Waals surface area contributed by atoms with E-state index in [0.717, 1.165) is 33.5 Å². The lowest BCUT2D eigenvalue weighted by Gasteiger charge is -2.03. The van der Waals surface area contributed by atoms with Crippen molar-refractivity contribution in [1.29, 1.82) is 5.26 Å². The van der Waals surface area contributed by atoms with Gasteiger partial charge in [0.2, 0.25) is 0 Å². The number of benzene rings is 1. The number of carbonyl (C=O) groups excluding carboxylic acids is 1. The first-order valence-electron chi connectivity index (χ1n) is 6.92. The summed E-state index contributed by atoms with van der Waals surface area (Å²) in [6.45, 7) is 0. The molecule has 0 aliphatic rings. The van der Waals surface area contributed by atoms with Gasteiger partial charge in [0.15, 0.2) is 5.01 Å². The monoisotopic (exact) mass is 335 g/mol. The van der Waals surface area contributed by atoms with Gasteiger partial charge in [0, 0.05) is 16.6 Å². The third kappa shape index (κ3) is 2.43. The number of nitrogens with zero attached hydrogens (tertiary/aromatic N) is 3. The van der Waals surface area contributed by atoms with Gasteiger partial charge in [0.1, 0.15) is 16.6 Å². The van der Waals surface area contributed by atoms with Gasteiger partial charge < -0.3 is 9.73 Å². The number of amides is 1. The summed E-state index contributed by atoms with van der Waals surface area (Å²) >= 11 is 1.05.